The highest BCUT2D eigenvalue weighted by atomic mass is 79.9. The van der Waals surface area contributed by atoms with Gasteiger partial charge >= 0.3 is 0 Å². The summed E-state index contributed by atoms with van der Waals surface area (Å²) in [6.45, 7) is 49.0. The largest absolute Gasteiger partial charge is 0.488 e. The fraction of sp³-hybridized carbons (Fsp3) is 0.651. The molecule has 0 spiro atoms. The van der Waals surface area contributed by atoms with Gasteiger partial charge in [-0.1, -0.05) is 119 Å². The molecule has 0 radical (unpaired) electrons. The Labute approximate surface area is 595 Å². The molecule has 95 heavy (non-hydrogen) atoms. The van der Waals surface area contributed by atoms with Crippen LogP contribution in [-0.4, -0.2) is 28.0 Å². The summed E-state index contributed by atoms with van der Waals surface area (Å²) < 4.78 is 59.8. The smallest absolute Gasteiger partial charge is 0.191 e. The van der Waals surface area contributed by atoms with Gasteiger partial charge in [0.2, 0.25) is 0 Å². The fourth-order valence-corrected chi connectivity index (χ4v) is 16.8. The van der Waals surface area contributed by atoms with Gasteiger partial charge in [0.05, 0.1) is 8.95 Å². The van der Waals surface area contributed by atoms with Crippen molar-refractivity contribution in [3.8, 4) is 28.7 Å². The minimum Gasteiger partial charge on any atom is -0.488 e. The molecule has 0 N–H and O–H groups in total. The number of ether oxygens (including phenoxy) is 5. The molecule has 5 aromatic carbocycles. The molecule has 0 amide bonds. The molecule has 6 aliphatic rings. The number of hydrogen-bond donors (Lipinski definition) is 0. The van der Waals surface area contributed by atoms with E-state index in [4.69, 9.17) is 23.7 Å². The third kappa shape index (κ3) is 22.7. The third-order valence-electron chi connectivity index (χ3n) is 22.4. The summed E-state index contributed by atoms with van der Waals surface area (Å²) in [7, 11) is 0. The molecular weight excluding hydrogens is 1310 g/mol. The lowest BCUT2D eigenvalue weighted by atomic mass is 9.46. The molecule has 6 fully saturated rings. The standard InChI is InChI=1S/C23H34O.C20H30O.C15H24O.C14H20Br2O.C14H20F2O/c1-5-16(2)20-6-8-21(9-7-20)24-22(3,4)23-13-17-10-18(14-23)12-19(11-17)15-23;1-5-14(2)16-8-10-18(11-9-16)21-20(3,4)19-13-15-6-7-17(19)12-15;1-6-12(3)13-8-10-14(11-9-13)16-15(4,5)7-2;2*1-6-9(2)10-7-11(15)13(12(16)8-10)17-14(3,4)5/h6-9,16-19H,5,10-15H2,1-4H3;8-11,14-15,17,19H,5-7,12-13H2,1-4H3;8-12H,6-7H2,1-5H3;2*7-9H,6H2,1-5H3. The summed E-state index contributed by atoms with van der Waals surface area (Å²) in [4.78, 5) is 0. The van der Waals surface area contributed by atoms with Crippen molar-refractivity contribution in [2.24, 2.45) is 40.9 Å². The van der Waals surface area contributed by atoms with Crippen molar-refractivity contribution >= 4 is 31.9 Å². The molecule has 8 atom stereocenters. The first-order valence-electron chi connectivity index (χ1n) is 37.1. The molecule has 530 valence electrons. The van der Waals surface area contributed by atoms with Gasteiger partial charge in [-0.2, -0.15) is 0 Å². The van der Waals surface area contributed by atoms with E-state index in [0.717, 1.165) is 86.7 Å². The SMILES string of the molecule is CCC(C)c1cc(Br)c(OC(C)(C)C)c(Br)c1.CCC(C)c1cc(F)c(OC(C)(C)C)c(F)c1.CCC(C)c1ccc(OC(C)(C)C23CC4CC(CC(C4)C2)C3)cc1.CCC(C)c1ccc(OC(C)(C)C2CC3CCC2C3)cc1.CCC(C)c1ccc(OC(C)(C)CC)cc1. The Kier molecular flexibility index (Phi) is 28.9. The molecule has 6 bridgehead atoms. The average molecular weight is 1440 g/mol. The van der Waals surface area contributed by atoms with Crippen molar-refractivity contribution in [1.82, 2.24) is 0 Å². The number of benzene rings is 5. The number of rotatable bonds is 21. The Morgan fingerprint density at radius 2 is 0.758 bits per heavy atom. The molecular formula is C86H128Br2F2O5. The molecule has 9 heteroatoms. The Morgan fingerprint density at radius 1 is 0.411 bits per heavy atom. The molecule has 6 saturated carbocycles. The molecule has 0 aromatic heterocycles. The highest BCUT2D eigenvalue weighted by Gasteiger charge is 2.58. The predicted octanol–water partition coefficient (Wildman–Crippen LogP) is 27.7. The number of halogens is 4. The van der Waals surface area contributed by atoms with E-state index in [1.165, 1.54) is 118 Å². The van der Waals surface area contributed by atoms with Gasteiger partial charge in [0, 0.05) is 11.3 Å². The number of hydrogen-bond acceptors (Lipinski definition) is 5. The molecule has 11 rings (SSSR count). The second-order valence-electron chi connectivity index (χ2n) is 33.3. The van der Waals surface area contributed by atoms with Crippen LogP contribution in [0.2, 0.25) is 0 Å². The van der Waals surface area contributed by atoms with Crippen molar-refractivity contribution in [2.75, 3.05) is 0 Å². The van der Waals surface area contributed by atoms with Crippen LogP contribution in [0, 0.1) is 52.6 Å². The number of fused-ring (bicyclic) bond motifs is 2. The fourth-order valence-electron chi connectivity index (χ4n) is 15.4. The first kappa shape index (κ1) is 79.9. The maximum absolute atomic E-state index is 13.8. The van der Waals surface area contributed by atoms with Crippen LogP contribution in [-0.2, 0) is 0 Å². The van der Waals surface area contributed by atoms with Crippen molar-refractivity contribution in [3.05, 3.63) is 145 Å². The molecule has 5 nitrogen and oxygen atoms in total. The molecule has 6 aliphatic carbocycles. The van der Waals surface area contributed by atoms with Gasteiger partial charge in [0.25, 0.3) is 0 Å². The van der Waals surface area contributed by atoms with Crippen molar-refractivity contribution in [1.29, 1.82) is 0 Å². The second kappa shape index (κ2) is 34.3. The minimum atomic E-state index is -0.629. The van der Waals surface area contributed by atoms with Crippen LogP contribution in [0.3, 0.4) is 0 Å². The van der Waals surface area contributed by atoms with Crippen molar-refractivity contribution in [2.45, 2.75) is 320 Å². The van der Waals surface area contributed by atoms with E-state index in [-0.39, 0.29) is 34.1 Å². The first-order chi connectivity index (χ1) is 44.4. The van der Waals surface area contributed by atoms with Gasteiger partial charge in [-0.3, -0.25) is 0 Å². The quantitative estimate of drug-likeness (QED) is 0.0733. The normalized spacial score (nSPS) is 22.8. The summed E-state index contributed by atoms with van der Waals surface area (Å²) in [5, 5.41) is 0. The van der Waals surface area contributed by atoms with Crippen molar-refractivity contribution < 1.29 is 32.5 Å². The summed E-state index contributed by atoms with van der Waals surface area (Å²) in [6, 6.07) is 33.3. The monoisotopic (exact) mass is 1440 g/mol. The average Bonchev–Trinajstić information content (AvgIpc) is 1.25. The lowest BCUT2D eigenvalue weighted by Crippen LogP contribution is -2.58. The summed E-state index contributed by atoms with van der Waals surface area (Å²) in [5.74, 6) is 10.6. The zero-order valence-corrected chi connectivity index (χ0v) is 66.6. The van der Waals surface area contributed by atoms with Gasteiger partial charge < -0.3 is 23.7 Å². The first-order valence-corrected chi connectivity index (χ1v) is 38.7. The molecule has 8 unspecified atom stereocenters. The van der Waals surface area contributed by atoms with Crippen LogP contribution < -0.4 is 23.7 Å². The maximum Gasteiger partial charge on any atom is 0.191 e. The lowest BCUT2D eigenvalue weighted by Gasteiger charge is -2.61. The van der Waals surface area contributed by atoms with Gasteiger partial charge in [-0.25, -0.2) is 8.78 Å². The minimum absolute atomic E-state index is 0.0300. The predicted molar refractivity (Wildman–Crippen MR) is 406 cm³/mol. The third-order valence-corrected chi connectivity index (χ3v) is 23.5. The maximum atomic E-state index is 13.8. The van der Waals surface area contributed by atoms with Crippen LogP contribution >= 0.6 is 31.9 Å². The van der Waals surface area contributed by atoms with E-state index >= 15 is 0 Å². The Morgan fingerprint density at radius 3 is 1.09 bits per heavy atom. The summed E-state index contributed by atoms with van der Waals surface area (Å²) >= 11 is 7.19. The Balaban J connectivity index is 0.000000190. The molecule has 0 heterocycles. The van der Waals surface area contributed by atoms with E-state index in [1.54, 1.807) is 20.8 Å². The van der Waals surface area contributed by atoms with Gasteiger partial charge in [0.15, 0.2) is 17.4 Å². The van der Waals surface area contributed by atoms with Crippen LogP contribution in [0.25, 0.3) is 0 Å². The Hall–Kier alpha value is -4.08. The van der Waals surface area contributed by atoms with E-state index in [2.05, 4.69) is 241 Å². The van der Waals surface area contributed by atoms with E-state index in [9.17, 15) is 8.78 Å². The van der Waals surface area contributed by atoms with Gasteiger partial charge in [0.1, 0.15) is 51.0 Å². The van der Waals surface area contributed by atoms with Crippen LogP contribution in [0.1, 0.15) is 319 Å². The van der Waals surface area contributed by atoms with E-state index < -0.39 is 17.2 Å². The van der Waals surface area contributed by atoms with Gasteiger partial charge in [-0.15, -0.1) is 0 Å². The molecule has 0 saturated heterocycles. The van der Waals surface area contributed by atoms with Gasteiger partial charge in [-0.05, 0) is 359 Å². The van der Waals surface area contributed by atoms with E-state index in [1.807, 2.05) is 13.8 Å². The van der Waals surface area contributed by atoms with E-state index in [0.29, 0.717) is 34.7 Å². The Bertz CT molecular complexity index is 2980. The summed E-state index contributed by atoms with van der Waals surface area (Å²) in [5.41, 5.74) is 5.69. The van der Waals surface area contributed by atoms with Crippen molar-refractivity contribution in [3.63, 3.8) is 0 Å². The van der Waals surface area contributed by atoms with Crippen LogP contribution in [0.4, 0.5) is 8.78 Å². The zero-order chi connectivity index (χ0) is 70.6. The second-order valence-corrected chi connectivity index (χ2v) is 35.0. The summed E-state index contributed by atoms with van der Waals surface area (Å²) in [6.07, 6.45) is 21.0. The molecule has 0 aliphatic heterocycles. The highest BCUT2D eigenvalue weighted by molar-refractivity contribution is 9.11. The highest BCUT2D eigenvalue weighted by Crippen LogP contribution is 2.64. The molecule has 5 aromatic rings. The zero-order valence-electron chi connectivity index (χ0n) is 63.5. The van der Waals surface area contributed by atoms with Crippen LogP contribution in [0.15, 0.2) is 106 Å². The topological polar surface area (TPSA) is 46.2 Å². The van der Waals surface area contributed by atoms with Crippen LogP contribution in [0.5, 0.6) is 28.7 Å². The lowest BCUT2D eigenvalue weighted by molar-refractivity contribution is -0.150.